The van der Waals surface area contributed by atoms with Crippen LogP contribution < -0.4 is 20.7 Å². The number of halogens is 1. The van der Waals surface area contributed by atoms with Gasteiger partial charge < -0.3 is 20.7 Å². The number of carbonyl (C=O) groups is 2. The molecule has 3 rings (SSSR count). The Kier molecular flexibility index (Phi) is 4.80. The number of pyridine rings is 1. The molecule has 0 spiro atoms. The molecule has 0 aliphatic heterocycles. The molecular weight excluding hydrogens is 379 g/mol. The molecule has 10 heteroatoms. The number of aromatic nitrogens is 3. The molecular formula is C19H17FN6O3. The second-order valence-corrected chi connectivity index (χ2v) is 5.61. The van der Waals surface area contributed by atoms with Gasteiger partial charge in [0, 0.05) is 28.9 Å². The van der Waals surface area contributed by atoms with Crippen molar-refractivity contribution in [1.82, 2.24) is 20.5 Å². The molecule has 2 heterocycles. The minimum atomic E-state index is -2.76. The van der Waals surface area contributed by atoms with Crippen LogP contribution in [0, 0.1) is 5.82 Å². The quantitative estimate of drug-likeness (QED) is 0.519. The van der Waals surface area contributed by atoms with Crippen LogP contribution in [-0.2, 0) is 0 Å². The maximum absolute atomic E-state index is 14.1. The van der Waals surface area contributed by atoms with Gasteiger partial charge in [0.1, 0.15) is 5.82 Å². The number of ether oxygens (including phenoxy) is 1. The Hall–Kier alpha value is -4.08. The second-order valence-electron chi connectivity index (χ2n) is 5.61. The van der Waals surface area contributed by atoms with Crippen molar-refractivity contribution in [2.45, 2.75) is 0 Å². The van der Waals surface area contributed by atoms with E-state index in [2.05, 4.69) is 25.8 Å². The van der Waals surface area contributed by atoms with Crippen LogP contribution in [0.25, 0.3) is 0 Å². The largest absolute Gasteiger partial charge is 0.492 e. The fourth-order valence-electron chi connectivity index (χ4n) is 2.41. The third kappa shape index (κ3) is 4.43. The van der Waals surface area contributed by atoms with E-state index in [0.717, 1.165) is 0 Å². The fraction of sp³-hybridized carbons (Fsp3) is 0.105. The van der Waals surface area contributed by atoms with Gasteiger partial charge in [-0.2, -0.15) is 0 Å². The Morgan fingerprint density at radius 3 is 2.72 bits per heavy atom. The maximum Gasteiger partial charge on any atom is 0.273 e. The molecule has 0 atom stereocenters. The van der Waals surface area contributed by atoms with Gasteiger partial charge in [-0.3, -0.25) is 9.59 Å². The van der Waals surface area contributed by atoms with Crippen molar-refractivity contribution in [3.8, 4) is 5.75 Å². The summed E-state index contributed by atoms with van der Waals surface area (Å²) in [5, 5.41) is 15.2. The number of rotatable bonds is 7. The van der Waals surface area contributed by atoms with Crippen LogP contribution in [0.2, 0.25) is 0 Å². The predicted octanol–water partition coefficient (Wildman–Crippen LogP) is 2.68. The SMILES string of the molecule is [2H]C([2H])([2H])NC(=O)c1nnc(Nc2ccc(C=O)cn2)cc1Nc1cccc(F)c1OC. The normalized spacial score (nSPS) is 12.1. The van der Waals surface area contributed by atoms with Gasteiger partial charge in [-0.05, 0) is 24.3 Å². The number of hydrogen-bond donors (Lipinski definition) is 3. The third-order valence-electron chi connectivity index (χ3n) is 3.74. The number of amides is 1. The molecule has 0 fully saturated rings. The van der Waals surface area contributed by atoms with Crippen LogP contribution in [-0.4, -0.2) is 41.5 Å². The predicted molar refractivity (Wildman–Crippen MR) is 105 cm³/mol. The van der Waals surface area contributed by atoms with Crippen molar-refractivity contribution in [1.29, 1.82) is 0 Å². The van der Waals surface area contributed by atoms with Crippen molar-refractivity contribution in [3.63, 3.8) is 0 Å². The first-order valence-electron chi connectivity index (χ1n) is 9.68. The van der Waals surface area contributed by atoms with Gasteiger partial charge in [-0.15, -0.1) is 10.2 Å². The molecule has 2 aromatic heterocycles. The molecule has 29 heavy (non-hydrogen) atoms. The van der Waals surface area contributed by atoms with Gasteiger partial charge >= 0.3 is 0 Å². The second kappa shape index (κ2) is 8.74. The van der Waals surface area contributed by atoms with Gasteiger partial charge in [-0.1, -0.05) is 6.07 Å². The maximum atomic E-state index is 14.1. The van der Waals surface area contributed by atoms with Crippen molar-refractivity contribution >= 4 is 35.2 Å². The standard InChI is InChI=1S/C19H17FN6O3/c1-21-19(28)17-14(23-13-5-3-4-12(20)18(13)29-2)8-16(25-26-17)24-15-7-6-11(10-27)9-22-15/h3-10H,1-2H3,(H,21,28)(H2,22,23,24,25)/i1D3. The highest BCUT2D eigenvalue weighted by molar-refractivity contribution is 5.98. The molecule has 1 amide bonds. The minimum absolute atomic E-state index is 0.0256. The molecule has 3 aromatic rings. The Balaban J connectivity index is 1.99. The number of methoxy groups -OCH3 is 1. The number of para-hydroxylation sites is 1. The minimum Gasteiger partial charge on any atom is -0.492 e. The molecule has 3 N–H and O–H groups in total. The molecule has 0 aliphatic rings. The summed E-state index contributed by atoms with van der Waals surface area (Å²) in [6, 6.07) is 8.54. The molecule has 9 nitrogen and oxygen atoms in total. The highest BCUT2D eigenvalue weighted by Gasteiger charge is 2.17. The van der Waals surface area contributed by atoms with Gasteiger partial charge in [-0.25, -0.2) is 9.37 Å². The lowest BCUT2D eigenvalue weighted by atomic mass is 10.2. The lowest BCUT2D eigenvalue weighted by Gasteiger charge is -2.14. The van der Waals surface area contributed by atoms with Crippen LogP contribution in [0.1, 0.15) is 25.0 Å². The highest BCUT2D eigenvalue weighted by atomic mass is 19.1. The smallest absolute Gasteiger partial charge is 0.273 e. The number of nitrogens with zero attached hydrogens (tertiary/aromatic N) is 3. The first-order chi connectivity index (χ1) is 15.2. The first-order valence-corrected chi connectivity index (χ1v) is 8.18. The Bertz CT molecular complexity index is 1140. The summed E-state index contributed by atoms with van der Waals surface area (Å²) >= 11 is 0. The van der Waals surface area contributed by atoms with Crippen molar-refractivity contribution in [3.05, 3.63) is 59.7 Å². The zero-order valence-corrected chi connectivity index (χ0v) is 15.1. The lowest BCUT2D eigenvalue weighted by Crippen LogP contribution is -2.21. The van der Waals surface area contributed by atoms with Gasteiger partial charge in [0.2, 0.25) is 0 Å². The van der Waals surface area contributed by atoms with Crippen LogP contribution in [0.3, 0.4) is 0 Å². The zero-order chi connectivity index (χ0) is 23.3. The summed E-state index contributed by atoms with van der Waals surface area (Å²) < 4.78 is 40.8. The molecule has 0 bridgehead atoms. The Morgan fingerprint density at radius 1 is 1.17 bits per heavy atom. The number of anilines is 4. The first kappa shape index (κ1) is 15.9. The average Bonchev–Trinajstić information content (AvgIpc) is 2.73. The highest BCUT2D eigenvalue weighted by Crippen LogP contribution is 2.31. The van der Waals surface area contributed by atoms with Crippen LogP contribution in [0.4, 0.5) is 27.4 Å². The van der Waals surface area contributed by atoms with Gasteiger partial charge in [0.25, 0.3) is 5.91 Å². The van der Waals surface area contributed by atoms with E-state index in [1.165, 1.54) is 49.7 Å². The van der Waals surface area contributed by atoms with Crippen molar-refractivity contribution in [2.24, 2.45) is 0 Å². The van der Waals surface area contributed by atoms with Crippen LogP contribution >= 0.6 is 0 Å². The van der Waals surface area contributed by atoms with Crippen molar-refractivity contribution in [2.75, 3.05) is 24.7 Å². The molecule has 0 aliphatic carbocycles. The van der Waals surface area contributed by atoms with E-state index in [1.54, 1.807) is 0 Å². The Labute approximate surface area is 169 Å². The molecule has 0 saturated heterocycles. The third-order valence-corrected chi connectivity index (χ3v) is 3.74. The fourth-order valence-corrected chi connectivity index (χ4v) is 2.41. The summed E-state index contributed by atoms with van der Waals surface area (Å²) in [5.74, 6) is -1.31. The average molecular weight is 399 g/mol. The molecule has 0 radical (unpaired) electrons. The van der Waals surface area contributed by atoms with E-state index in [9.17, 15) is 14.0 Å². The summed E-state index contributed by atoms with van der Waals surface area (Å²) in [6.07, 6.45) is 1.99. The Morgan fingerprint density at radius 2 is 2.03 bits per heavy atom. The number of benzene rings is 1. The van der Waals surface area contributed by atoms with E-state index in [1.807, 2.05) is 5.32 Å². The summed E-state index contributed by atoms with van der Waals surface area (Å²) in [4.78, 5) is 27.3. The van der Waals surface area contributed by atoms with Gasteiger partial charge in [0.05, 0.1) is 18.5 Å². The molecule has 0 unspecified atom stereocenters. The van der Waals surface area contributed by atoms with E-state index in [0.29, 0.717) is 17.7 Å². The number of aldehydes is 1. The molecule has 1 aromatic carbocycles. The monoisotopic (exact) mass is 399 g/mol. The summed E-state index contributed by atoms with van der Waals surface area (Å²) in [6.45, 7) is -2.76. The summed E-state index contributed by atoms with van der Waals surface area (Å²) in [5.41, 5.74) is 0.224. The van der Waals surface area contributed by atoms with Gasteiger partial charge in [0.15, 0.2) is 29.4 Å². The molecule has 148 valence electrons. The number of carbonyl (C=O) groups excluding carboxylic acids is 2. The lowest BCUT2D eigenvalue weighted by molar-refractivity contribution is 0.0958. The summed E-state index contributed by atoms with van der Waals surface area (Å²) in [7, 11) is 1.28. The number of nitrogens with one attached hydrogen (secondary N) is 3. The van der Waals surface area contributed by atoms with E-state index in [-0.39, 0.29) is 28.6 Å². The van der Waals surface area contributed by atoms with Crippen LogP contribution in [0.15, 0.2) is 42.6 Å². The van der Waals surface area contributed by atoms with E-state index in [4.69, 9.17) is 8.85 Å². The van der Waals surface area contributed by atoms with E-state index < -0.39 is 18.7 Å². The van der Waals surface area contributed by atoms with Crippen LogP contribution in [0.5, 0.6) is 5.75 Å². The number of hydrogen-bond acceptors (Lipinski definition) is 8. The van der Waals surface area contributed by atoms with Crippen molar-refractivity contribution < 1.29 is 22.8 Å². The van der Waals surface area contributed by atoms with E-state index >= 15 is 0 Å². The zero-order valence-electron chi connectivity index (χ0n) is 18.1. The topological polar surface area (TPSA) is 118 Å². The molecule has 0 saturated carbocycles.